The lowest BCUT2D eigenvalue weighted by molar-refractivity contribution is 0.157. The van der Waals surface area contributed by atoms with Crippen LogP contribution in [0.15, 0.2) is 0 Å². The molecule has 0 amide bonds. The third-order valence-electron chi connectivity index (χ3n) is 4.94. The van der Waals surface area contributed by atoms with Crippen molar-refractivity contribution in [3.8, 4) is 0 Å². The first-order chi connectivity index (χ1) is 8.63. The van der Waals surface area contributed by atoms with Crippen LogP contribution in [0.4, 0.5) is 0 Å². The molecule has 3 heteroatoms. The molecule has 2 aliphatic heterocycles. The second-order valence-corrected chi connectivity index (χ2v) is 6.79. The van der Waals surface area contributed by atoms with Crippen LogP contribution in [-0.4, -0.2) is 62.7 Å². The number of nitrogens with one attached hydrogen (secondary N) is 1. The number of piperidine rings is 1. The van der Waals surface area contributed by atoms with Gasteiger partial charge in [0.05, 0.1) is 0 Å². The van der Waals surface area contributed by atoms with Gasteiger partial charge in [-0.25, -0.2) is 0 Å². The van der Waals surface area contributed by atoms with E-state index in [-0.39, 0.29) is 0 Å². The molecule has 2 unspecified atom stereocenters. The summed E-state index contributed by atoms with van der Waals surface area (Å²) < 4.78 is 0. The van der Waals surface area contributed by atoms with E-state index in [0.29, 0.717) is 5.41 Å². The standard InChI is InChI=1S/C15H31N3/c1-15(12-16-2)8-11-18(13-15)10-7-14-6-4-5-9-17(14)3/h14,16H,4-13H2,1-3H3. The summed E-state index contributed by atoms with van der Waals surface area (Å²) in [7, 11) is 4.38. The molecule has 106 valence electrons. The second kappa shape index (κ2) is 6.36. The van der Waals surface area contributed by atoms with Gasteiger partial charge >= 0.3 is 0 Å². The van der Waals surface area contributed by atoms with Crippen LogP contribution < -0.4 is 5.32 Å². The molecular formula is C15H31N3. The number of rotatable bonds is 5. The molecule has 2 rings (SSSR count). The quantitative estimate of drug-likeness (QED) is 0.806. The molecule has 2 atom stereocenters. The first kappa shape index (κ1) is 14.3. The van der Waals surface area contributed by atoms with Crippen LogP contribution in [0.1, 0.15) is 39.0 Å². The van der Waals surface area contributed by atoms with Crippen molar-refractivity contribution < 1.29 is 0 Å². The Morgan fingerprint density at radius 1 is 1.28 bits per heavy atom. The molecule has 0 bridgehead atoms. The monoisotopic (exact) mass is 253 g/mol. The highest BCUT2D eigenvalue weighted by molar-refractivity contribution is 4.88. The van der Waals surface area contributed by atoms with Crippen LogP contribution in [0.5, 0.6) is 0 Å². The summed E-state index contributed by atoms with van der Waals surface area (Å²) in [4.78, 5) is 5.26. The minimum absolute atomic E-state index is 0.507. The Morgan fingerprint density at radius 2 is 2.11 bits per heavy atom. The van der Waals surface area contributed by atoms with Crippen LogP contribution >= 0.6 is 0 Å². The Labute approximate surface area is 113 Å². The lowest BCUT2D eigenvalue weighted by Gasteiger charge is -2.33. The fourth-order valence-corrected chi connectivity index (χ4v) is 3.73. The number of hydrogen-bond donors (Lipinski definition) is 1. The molecule has 2 fully saturated rings. The molecule has 0 radical (unpaired) electrons. The Bertz CT molecular complexity index is 256. The molecular weight excluding hydrogens is 222 g/mol. The normalized spacial score (nSPS) is 35.2. The van der Waals surface area contributed by atoms with E-state index in [9.17, 15) is 0 Å². The van der Waals surface area contributed by atoms with Gasteiger partial charge in [-0.3, -0.25) is 0 Å². The minimum Gasteiger partial charge on any atom is -0.319 e. The maximum atomic E-state index is 3.35. The predicted molar refractivity (Wildman–Crippen MR) is 78.0 cm³/mol. The van der Waals surface area contributed by atoms with Crippen molar-refractivity contribution in [1.82, 2.24) is 15.1 Å². The van der Waals surface area contributed by atoms with E-state index in [2.05, 4.69) is 36.1 Å². The van der Waals surface area contributed by atoms with Gasteiger partial charge in [0, 0.05) is 19.1 Å². The molecule has 0 aliphatic carbocycles. The molecule has 2 heterocycles. The van der Waals surface area contributed by atoms with Crippen LogP contribution in [0.3, 0.4) is 0 Å². The molecule has 0 spiro atoms. The summed E-state index contributed by atoms with van der Waals surface area (Å²) >= 11 is 0. The summed E-state index contributed by atoms with van der Waals surface area (Å²) in [6, 6.07) is 0.843. The summed E-state index contributed by atoms with van der Waals surface area (Å²) in [5, 5.41) is 3.35. The van der Waals surface area contributed by atoms with E-state index in [1.165, 1.54) is 58.3 Å². The topological polar surface area (TPSA) is 18.5 Å². The van der Waals surface area contributed by atoms with E-state index in [1.807, 2.05) is 0 Å². The van der Waals surface area contributed by atoms with Crippen molar-refractivity contribution in [3.63, 3.8) is 0 Å². The smallest absolute Gasteiger partial charge is 0.0104 e. The van der Waals surface area contributed by atoms with Crippen molar-refractivity contribution >= 4 is 0 Å². The van der Waals surface area contributed by atoms with Gasteiger partial charge in [0.2, 0.25) is 0 Å². The zero-order valence-corrected chi connectivity index (χ0v) is 12.5. The van der Waals surface area contributed by atoms with E-state index >= 15 is 0 Å². The molecule has 0 saturated carbocycles. The van der Waals surface area contributed by atoms with Gasteiger partial charge in [0.25, 0.3) is 0 Å². The highest BCUT2D eigenvalue weighted by Crippen LogP contribution is 2.29. The predicted octanol–water partition coefficient (Wildman–Crippen LogP) is 1.79. The van der Waals surface area contributed by atoms with Gasteiger partial charge in [-0.15, -0.1) is 0 Å². The van der Waals surface area contributed by atoms with Crippen molar-refractivity contribution in [3.05, 3.63) is 0 Å². The third-order valence-corrected chi connectivity index (χ3v) is 4.94. The van der Waals surface area contributed by atoms with E-state index < -0.39 is 0 Å². The summed E-state index contributed by atoms with van der Waals surface area (Å²) in [5.41, 5.74) is 0.507. The Kier molecular flexibility index (Phi) is 5.05. The molecule has 0 aromatic carbocycles. The molecule has 2 saturated heterocycles. The molecule has 1 N–H and O–H groups in total. The van der Waals surface area contributed by atoms with Gasteiger partial charge in [0.15, 0.2) is 0 Å². The molecule has 18 heavy (non-hydrogen) atoms. The summed E-state index contributed by atoms with van der Waals surface area (Å²) in [6.07, 6.45) is 6.97. The largest absolute Gasteiger partial charge is 0.319 e. The SMILES string of the molecule is CNCC1(C)CCN(CCC2CCCCN2C)C1. The van der Waals surface area contributed by atoms with Crippen molar-refractivity contribution in [2.45, 2.75) is 45.1 Å². The average molecular weight is 253 g/mol. The number of nitrogens with zero attached hydrogens (tertiary/aromatic N) is 2. The van der Waals surface area contributed by atoms with E-state index in [4.69, 9.17) is 0 Å². The fraction of sp³-hybridized carbons (Fsp3) is 1.00. The molecule has 3 nitrogen and oxygen atoms in total. The average Bonchev–Trinajstić information content (AvgIpc) is 2.70. The van der Waals surface area contributed by atoms with Crippen molar-refractivity contribution in [2.75, 3.05) is 46.8 Å². The van der Waals surface area contributed by atoms with Gasteiger partial charge in [0.1, 0.15) is 0 Å². The first-order valence-corrected chi connectivity index (χ1v) is 7.70. The van der Waals surface area contributed by atoms with E-state index in [1.54, 1.807) is 0 Å². The maximum absolute atomic E-state index is 3.35. The molecule has 0 aromatic rings. The minimum atomic E-state index is 0.507. The lowest BCUT2D eigenvalue weighted by atomic mass is 9.90. The van der Waals surface area contributed by atoms with Crippen LogP contribution in [0, 0.1) is 5.41 Å². The third kappa shape index (κ3) is 3.69. The number of hydrogen-bond acceptors (Lipinski definition) is 3. The Morgan fingerprint density at radius 3 is 2.83 bits per heavy atom. The van der Waals surface area contributed by atoms with Crippen LogP contribution in [0.2, 0.25) is 0 Å². The van der Waals surface area contributed by atoms with Gasteiger partial charge in [-0.05, 0) is 64.8 Å². The lowest BCUT2D eigenvalue weighted by Crippen LogP contribution is -2.39. The number of likely N-dealkylation sites (tertiary alicyclic amines) is 2. The zero-order valence-electron chi connectivity index (χ0n) is 12.5. The maximum Gasteiger partial charge on any atom is 0.0104 e. The Balaban J connectivity index is 1.71. The molecule has 0 aromatic heterocycles. The van der Waals surface area contributed by atoms with Gasteiger partial charge < -0.3 is 15.1 Å². The van der Waals surface area contributed by atoms with Gasteiger partial charge in [-0.1, -0.05) is 13.3 Å². The highest BCUT2D eigenvalue weighted by atomic mass is 15.2. The van der Waals surface area contributed by atoms with E-state index in [0.717, 1.165) is 12.6 Å². The first-order valence-electron chi connectivity index (χ1n) is 7.70. The van der Waals surface area contributed by atoms with Crippen molar-refractivity contribution in [2.24, 2.45) is 5.41 Å². The highest BCUT2D eigenvalue weighted by Gasteiger charge is 2.33. The van der Waals surface area contributed by atoms with Crippen LogP contribution in [-0.2, 0) is 0 Å². The zero-order chi connectivity index (χ0) is 13.0. The molecule has 2 aliphatic rings. The summed E-state index contributed by atoms with van der Waals surface area (Å²) in [5.74, 6) is 0. The second-order valence-electron chi connectivity index (χ2n) is 6.79. The summed E-state index contributed by atoms with van der Waals surface area (Å²) in [6.45, 7) is 8.78. The Hall–Kier alpha value is -0.120. The van der Waals surface area contributed by atoms with Crippen molar-refractivity contribution in [1.29, 1.82) is 0 Å². The fourth-order valence-electron chi connectivity index (χ4n) is 3.73. The van der Waals surface area contributed by atoms with Gasteiger partial charge in [-0.2, -0.15) is 0 Å². The van der Waals surface area contributed by atoms with Crippen LogP contribution in [0.25, 0.3) is 0 Å².